The Bertz CT molecular complexity index is 961. The van der Waals surface area contributed by atoms with Crippen LogP contribution in [0.2, 0.25) is 5.02 Å². The molecule has 9 heteroatoms. The van der Waals surface area contributed by atoms with Gasteiger partial charge in [0.15, 0.2) is 0 Å². The van der Waals surface area contributed by atoms with Gasteiger partial charge in [-0.05, 0) is 18.6 Å². The summed E-state index contributed by atoms with van der Waals surface area (Å²) in [5.41, 5.74) is 1.72. The van der Waals surface area contributed by atoms with E-state index in [-0.39, 0.29) is 10.7 Å². The smallest absolute Gasteiger partial charge is 0.276 e. The third kappa shape index (κ3) is 2.89. The van der Waals surface area contributed by atoms with Gasteiger partial charge in [0, 0.05) is 12.1 Å². The summed E-state index contributed by atoms with van der Waals surface area (Å²) in [6.45, 7) is 0.800. The number of carbonyl (C=O) groups excluding carboxylic acids is 2. The van der Waals surface area contributed by atoms with Crippen LogP contribution in [0.4, 0.5) is 0 Å². The SMILES string of the molecule is O=C1NC(=O)C(N2CCc3c(ncnc3Oc3ccccc3Cl)C2)=C1Cl. The maximum Gasteiger partial charge on any atom is 0.276 e. The molecule has 132 valence electrons. The highest BCUT2D eigenvalue weighted by Crippen LogP contribution is 2.33. The van der Waals surface area contributed by atoms with Crippen LogP contribution in [0.1, 0.15) is 11.3 Å². The van der Waals surface area contributed by atoms with Gasteiger partial charge in [-0.1, -0.05) is 35.3 Å². The number of halogens is 2. The lowest BCUT2D eigenvalue weighted by atomic mass is 10.1. The van der Waals surface area contributed by atoms with E-state index >= 15 is 0 Å². The molecule has 0 spiro atoms. The Morgan fingerprint density at radius 3 is 2.65 bits per heavy atom. The highest BCUT2D eigenvalue weighted by atomic mass is 35.5. The Morgan fingerprint density at radius 1 is 1.12 bits per heavy atom. The number of hydrogen-bond acceptors (Lipinski definition) is 6. The van der Waals surface area contributed by atoms with E-state index < -0.39 is 11.8 Å². The summed E-state index contributed by atoms with van der Waals surface area (Å²) in [7, 11) is 0. The molecule has 0 aliphatic carbocycles. The Balaban J connectivity index is 1.63. The fourth-order valence-electron chi connectivity index (χ4n) is 2.94. The van der Waals surface area contributed by atoms with Gasteiger partial charge in [0.05, 0.1) is 17.3 Å². The maximum absolute atomic E-state index is 12.0. The minimum atomic E-state index is -0.581. The molecule has 0 fully saturated rings. The van der Waals surface area contributed by atoms with Gasteiger partial charge in [-0.15, -0.1) is 0 Å². The second-order valence-corrected chi connectivity index (χ2v) is 6.54. The van der Waals surface area contributed by atoms with Gasteiger partial charge in [0.2, 0.25) is 5.88 Å². The van der Waals surface area contributed by atoms with Crippen molar-refractivity contribution in [3.63, 3.8) is 0 Å². The number of nitrogens with zero attached hydrogens (tertiary/aromatic N) is 3. The molecule has 3 heterocycles. The summed E-state index contributed by atoms with van der Waals surface area (Å²) in [5.74, 6) is -0.147. The summed E-state index contributed by atoms with van der Waals surface area (Å²) in [6.07, 6.45) is 1.93. The summed E-state index contributed by atoms with van der Waals surface area (Å²) in [4.78, 5) is 33.8. The van der Waals surface area contributed by atoms with Crippen LogP contribution in [0, 0.1) is 0 Å². The van der Waals surface area contributed by atoms with E-state index in [0.717, 1.165) is 5.56 Å². The van der Waals surface area contributed by atoms with Crippen molar-refractivity contribution >= 4 is 35.0 Å². The molecule has 1 N–H and O–H groups in total. The topological polar surface area (TPSA) is 84.4 Å². The maximum atomic E-state index is 12.0. The largest absolute Gasteiger partial charge is 0.437 e. The number of rotatable bonds is 3. The molecule has 4 rings (SSSR count). The van der Waals surface area contributed by atoms with Crippen molar-refractivity contribution in [1.82, 2.24) is 20.2 Å². The predicted molar refractivity (Wildman–Crippen MR) is 93.7 cm³/mol. The van der Waals surface area contributed by atoms with Gasteiger partial charge in [-0.2, -0.15) is 0 Å². The average molecular weight is 391 g/mol. The van der Waals surface area contributed by atoms with E-state index in [1.54, 1.807) is 17.0 Å². The normalized spacial score (nSPS) is 16.6. The lowest BCUT2D eigenvalue weighted by Gasteiger charge is -2.30. The van der Waals surface area contributed by atoms with Crippen molar-refractivity contribution in [3.05, 3.63) is 57.6 Å². The van der Waals surface area contributed by atoms with Crippen LogP contribution in [0.3, 0.4) is 0 Å². The third-order valence-corrected chi connectivity index (χ3v) is 4.84. The average Bonchev–Trinajstić information content (AvgIpc) is 2.89. The van der Waals surface area contributed by atoms with Crippen LogP contribution in [0.15, 0.2) is 41.3 Å². The second kappa shape index (κ2) is 6.59. The minimum Gasteiger partial charge on any atom is -0.437 e. The zero-order valence-electron chi connectivity index (χ0n) is 13.3. The van der Waals surface area contributed by atoms with E-state index in [0.29, 0.717) is 41.9 Å². The summed E-state index contributed by atoms with van der Waals surface area (Å²) >= 11 is 12.1. The molecule has 2 amide bonds. The number of amides is 2. The predicted octanol–water partition coefficient (Wildman–Crippen LogP) is 2.39. The lowest BCUT2D eigenvalue weighted by molar-refractivity contribution is -0.124. The Hall–Kier alpha value is -2.64. The number of benzene rings is 1. The van der Waals surface area contributed by atoms with Crippen molar-refractivity contribution < 1.29 is 14.3 Å². The number of para-hydroxylation sites is 1. The van der Waals surface area contributed by atoms with Crippen LogP contribution < -0.4 is 10.1 Å². The van der Waals surface area contributed by atoms with Crippen molar-refractivity contribution in [2.75, 3.05) is 6.54 Å². The monoisotopic (exact) mass is 390 g/mol. The Labute approximate surface area is 158 Å². The van der Waals surface area contributed by atoms with E-state index in [4.69, 9.17) is 27.9 Å². The number of hydrogen-bond donors (Lipinski definition) is 1. The van der Waals surface area contributed by atoms with Crippen molar-refractivity contribution in [1.29, 1.82) is 0 Å². The molecular formula is C17H12Cl2N4O3. The van der Waals surface area contributed by atoms with Gasteiger partial charge in [0.25, 0.3) is 11.8 Å². The van der Waals surface area contributed by atoms with Crippen LogP contribution in [0.5, 0.6) is 11.6 Å². The molecule has 0 saturated carbocycles. The molecule has 0 atom stereocenters. The third-order valence-electron chi connectivity index (χ3n) is 4.18. The Morgan fingerprint density at radius 2 is 1.92 bits per heavy atom. The molecule has 1 aromatic heterocycles. The number of aromatic nitrogens is 2. The highest BCUT2D eigenvalue weighted by Gasteiger charge is 2.35. The number of ether oxygens (including phenoxy) is 1. The van der Waals surface area contributed by atoms with Crippen molar-refractivity contribution in [2.24, 2.45) is 0 Å². The fraction of sp³-hybridized carbons (Fsp3) is 0.176. The summed E-state index contributed by atoms with van der Waals surface area (Å²) < 4.78 is 5.85. The van der Waals surface area contributed by atoms with E-state index in [1.165, 1.54) is 6.33 Å². The van der Waals surface area contributed by atoms with Gasteiger partial charge in [-0.25, -0.2) is 9.97 Å². The van der Waals surface area contributed by atoms with Gasteiger partial charge in [-0.3, -0.25) is 14.9 Å². The second-order valence-electron chi connectivity index (χ2n) is 5.75. The first-order valence-corrected chi connectivity index (χ1v) is 8.55. The lowest BCUT2D eigenvalue weighted by Crippen LogP contribution is -2.35. The minimum absolute atomic E-state index is 0.0972. The molecule has 2 aliphatic rings. The van der Waals surface area contributed by atoms with E-state index in [1.807, 2.05) is 12.1 Å². The number of nitrogens with one attached hydrogen (secondary N) is 1. The van der Waals surface area contributed by atoms with Crippen LogP contribution in [0.25, 0.3) is 0 Å². The summed E-state index contributed by atoms with van der Waals surface area (Å²) in [5, 5.41) is 2.58. The standard InChI is InChI=1S/C17H12Cl2N4O3/c18-10-3-1-2-4-12(10)26-17-9-5-6-23(7-11(9)20-8-21-17)14-13(19)15(24)22-16(14)25/h1-4,8H,5-7H2,(H,22,24,25). The molecule has 7 nitrogen and oxygen atoms in total. The number of fused-ring (bicyclic) bond motifs is 1. The summed E-state index contributed by atoms with van der Waals surface area (Å²) in [6, 6.07) is 7.12. The van der Waals surface area contributed by atoms with E-state index in [2.05, 4.69) is 15.3 Å². The first-order valence-electron chi connectivity index (χ1n) is 7.80. The first kappa shape index (κ1) is 16.8. The number of carbonyl (C=O) groups is 2. The van der Waals surface area contributed by atoms with Gasteiger partial charge >= 0.3 is 0 Å². The zero-order valence-corrected chi connectivity index (χ0v) is 14.8. The molecule has 26 heavy (non-hydrogen) atoms. The fourth-order valence-corrected chi connectivity index (χ4v) is 3.37. The quantitative estimate of drug-likeness (QED) is 0.809. The molecule has 2 aromatic rings. The van der Waals surface area contributed by atoms with E-state index in [9.17, 15) is 9.59 Å². The number of imide groups is 1. The Kier molecular flexibility index (Phi) is 4.26. The molecule has 0 saturated heterocycles. The highest BCUT2D eigenvalue weighted by molar-refractivity contribution is 6.47. The molecule has 0 unspecified atom stereocenters. The van der Waals surface area contributed by atoms with Crippen molar-refractivity contribution in [3.8, 4) is 11.6 Å². The molecule has 1 aromatic carbocycles. The molecule has 0 bridgehead atoms. The van der Waals surface area contributed by atoms with Crippen LogP contribution in [-0.4, -0.2) is 33.2 Å². The van der Waals surface area contributed by atoms with Gasteiger partial charge in [0.1, 0.15) is 22.8 Å². The van der Waals surface area contributed by atoms with Crippen molar-refractivity contribution in [2.45, 2.75) is 13.0 Å². The van der Waals surface area contributed by atoms with Gasteiger partial charge < -0.3 is 9.64 Å². The first-order chi connectivity index (χ1) is 12.5. The molecule has 0 radical (unpaired) electrons. The molecular weight excluding hydrogens is 379 g/mol. The van der Waals surface area contributed by atoms with Crippen LogP contribution >= 0.6 is 23.2 Å². The van der Waals surface area contributed by atoms with Crippen LogP contribution in [-0.2, 0) is 22.6 Å². The molecule has 2 aliphatic heterocycles. The zero-order chi connectivity index (χ0) is 18.3.